The Kier molecular flexibility index (Phi) is 8.40. The molecule has 3 aromatic rings. The molecule has 2 heterocycles. The summed E-state index contributed by atoms with van der Waals surface area (Å²) in [7, 11) is 1.27. The molecule has 10 heteroatoms. The van der Waals surface area contributed by atoms with E-state index in [2.05, 4.69) is 25.8 Å². The van der Waals surface area contributed by atoms with Crippen LogP contribution in [-0.2, 0) is 9.53 Å². The molecule has 0 radical (unpaired) electrons. The number of aromatic amines is 1. The number of nitrogens with one attached hydrogen (secondary N) is 3. The van der Waals surface area contributed by atoms with E-state index >= 15 is 0 Å². The zero-order chi connectivity index (χ0) is 25.5. The van der Waals surface area contributed by atoms with Gasteiger partial charge in [-0.3, -0.25) is 14.7 Å². The molecule has 35 heavy (non-hydrogen) atoms. The van der Waals surface area contributed by atoms with E-state index in [4.69, 9.17) is 9.15 Å². The molecule has 186 valence electrons. The van der Waals surface area contributed by atoms with Gasteiger partial charge in [0.05, 0.1) is 19.0 Å². The third-order valence-corrected chi connectivity index (χ3v) is 5.69. The monoisotopic (exact) mass is 481 g/mol. The van der Waals surface area contributed by atoms with Gasteiger partial charge in [-0.15, -0.1) is 0 Å². The number of ether oxygens (including phenoxy) is 1. The molecule has 0 aliphatic heterocycles. The largest absolute Gasteiger partial charge is 0.467 e. The fourth-order valence-electron chi connectivity index (χ4n) is 3.50. The van der Waals surface area contributed by atoms with Crippen molar-refractivity contribution >= 4 is 17.8 Å². The van der Waals surface area contributed by atoms with Crippen LogP contribution in [0.5, 0.6) is 0 Å². The number of H-pyrrole nitrogens is 1. The molecule has 0 bridgehead atoms. The molecule has 2 amide bonds. The standard InChI is InChI=1S/C25H31N5O5/c1-6-17(7-2)27-22(31)19-12-18(29-30-19)15-9-8-10-16(11-15)24-26-13-20(35-24)23(32)28-21(14(3)4)25(33)34-5/h8-14,17,21H,6-7H2,1-5H3,(H,27,31)(H,28,32)(H,29,30). The Hall–Kier alpha value is -3.95. The van der Waals surface area contributed by atoms with Crippen LogP contribution < -0.4 is 10.6 Å². The van der Waals surface area contributed by atoms with Crippen molar-refractivity contribution in [2.24, 2.45) is 5.92 Å². The highest BCUT2D eigenvalue weighted by Crippen LogP contribution is 2.26. The maximum atomic E-state index is 12.6. The van der Waals surface area contributed by atoms with Gasteiger partial charge < -0.3 is 19.8 Å². The normalized spacial score (nSPS) is 12.0. The minimum atomic E-state index is -0.805. The molecule has 0 saturated carbocycles. The van der Waals surface area contributed by atoms with Crippen LogP contribution in [0, 0.1) is 5.92 Å². The minimum Gasteiger partial charge on any atom is -0.467 e. The van der Waals surface area contributed by atoms with Gasteiger partial charge in [0.15, 0.2) is 0 Å². The second-order valence-corrected chi connectivity index (χ2v) is 8.48. The third kappa shape index (κ3) is 6.14. The van der Waals surface area contributed by atoms with Crippen LogP contribution in [0.15, 0.2) is 40.9 Å². The van der Waals surface area contributed by atoms with Crippen molar-refractivity contribution in [3.63, 3.8) is 0 Å². The van der Waals surface area contributed by atoms with E-state index in [1.54, 1.807) is 38.1 Å². The summed E-state index contributed by atoms with van der Waals surface area (Å²) in [5.41, 5.74) is 2.33. The number of amides is 2. The fourth-order valence-corrected chi connectivity index (χ4v) is 3.50. The first kappa shape index (κ1) is 25.7. The molecule has 0 spiro atoms. The molecule has 0 aliphatic carbocycles. The van der Waals surface area contributed by atoms with E-state index in [0.29, 0.717) is 17.0 Å². The van der Waals surface area contributed by atoms with Gasteiger partial charge in [-0.1, -0.05) is 39.8 Å². The van der Waals surface area contributed by atoms with Crippen LogP contribution in [0.1, 0.15) is 61.6 Å². The number of methoxy groups -OCH3 is 1. The minimum absolute atomic E-state index is 0.0277. The molecular formula is C25H31N5O5. The summed E-state index contributed by atoms with van der Waals surface area (Å²) in [6.07, 6.45) is 3.01. The Morgan fingerprint density at radius 2 is 1.77 bits per heavy atom. The second-order valence-electron chi connectivity index (χ2n) is 8.48. The Morgan fingerprint density at radius 3 is 2.43 bits per heavy atom. The Balaban J connectivity index is 1.76. The third-order valence-electron chi connectivity index (χ3n) is 5.69. The average molecular weight is 482 g/mol. The van der Waals surface area contributed by atoms with Crippen molar-refractivity contribution in [2.45, 2.75) is 52.6 Å². The number of oxazole rings is 1. The van der Waals surface area contributed by atoms with Gasteiger partial charge in [0.25, 0.3) is 11.8 Å². The molecule has 2 aromatic heterocycles. The summed E-state index contributed by atoms with van der Waals surface area (Å²) >= 11 is 0. The van der Waals surface area contributed by atoms with Crippen molar-refractivity contribution in [1.82, 2.24) is 25.8 Å². The average Bonchev–Trinajstić information content (AvgIpc) is 3.55. The van der Waals surface area contributed by atoms with Crippen molar-refractivity contribution in [2.75, 3.05) is 7.11 Å². The first-order valence-electron chi connectivity index (χ1n) is 11.6. The number of benzene rings is 1. The number of carbonyl (C=O) groups excluding carboxylic acids is 3. The van der Waals surface area contributed by atoms with Crippen LogP contribution >= 0.6 is 0 Å². The van der Waals surface area contributed by atoms with E-state index in [9.17, 15) is 14.4 Å². The van der Waals surface area contributed by atoms with Crippen molar-refractivity contribution in [3.8, 4) is 22.7 Å². The zero-order valence-corrected chi connectivity index (χ0v) is 20.5. The maximum Gasteiger partial charge on any atom is 0.328 e. The quantitative estimate of drug-likeness (QED) is 0.376. The molecule has 0 saturated heterocycles. The summed E-state index contributed by atoms with van der Waals surface area (Å²) in [6, 6.07) is 8.23. The smallest absolute Gasteiger partial charge is 0.328 e. The van der Waals surface area contributed by atoms with E-state index < -0.39 is 17.9 Å². The van der Waals surface area contributed by atoms with Gasteiger partial charge in [-0.05, 0) is 37.0 Å². The van der Waals surface area contributed by atoms with E-state index in [0.717, 1.165) is 18.4 Å². The Morgan fingerprint density at radius 1 is 1.06 bits per heavy atom. The highest BCUT2D eigenvalue weighted by Gasteiger charge is 2.27. The van der Waals surface area contributed by atoms with Crippen molar-refractivity contribution in [1.29, 1.82) is 0 Å². The maximum absolute atomic E-state index is 12.6. The lowest BCUT2D eigenvalue weighted by atomic mass is 10.0. The molecule has 0 fully saturated rings. The number of carbonyl (C=O) groups is 3. The first-order chi connectivity index (χ1) is 16.8. The number of hydrogen-bond donors (Lipinski definition) is 3. The van der Waals surface area contributed by atoms with Crippen molar-refractivity contribution in [3.05, 3.63) is 48.0 Å². The molecule has 1 aromatic carbocycles. The lowest BCUT2D eigenvalue weighted by Gasteiger charge is -2.18. The van der Waals surface area contributed by atoms with Crippen LogP contribution in [-0.4, -0.2) is 52.2 Å². The highest BCUT2D eigenvalue weighted by atomic mass is 16.5. The molecule has 3 N–H and O–H groups in total. The van der Waals surface area contributed by atoms with Gasteiger partial charge in [0.1, 0.15) is 11.7 Å². The van der Waals surface area contributed by atoms with Gasteiger partial charge in [-0.25, -0.2) is 9.78 Å². The number of hydrogen-bond acceptors (Lipinski definition) is 7. The van der Waals surface area contributed by atoms with Crippen molar-refractivity contribution < 1.29 is 23.5 Å². The summed E-state index contributed by atoms with van der Waals surface area (Å²) < 4.78 is 10.4. The molecular weight excluding hydrogens is 450 g/mol. The number of esters is 1. The number of rotatable bonds is 10. The Bertz CT molecular complexity index is 1180. The van der Waals surface area contributed by atoms with Gasteiger partial charge in [0, 0.05) is 17.2 Å². The second kappa shape index (κ2) is 11.5. The predicted molar refractivity (Wildman–Crippen MR) is 129 cm³/mol. The van der Waals surface area contributed by atoms with Crippen LogP contribution in [0.3, 0.4) is 0 Å². The lowest BCUT2D eigenvalue weighted by molar-refractivity contribution is -0.144. The summed E-state index contributed by atoms with van der Waals surface area (Å²) in [5.74, 6) is -1.26. The molecule has 1 atom stereocenters. The van der Waals surface area contributed by atoms with Crippen LogP contribution in [0.25, 0.3) is 22.7 Å². The van der Waals surface area contributed by atoms with E-state index in [-0.39, 0.29) is 29.5 Å². The molecule has 10 nitrogen and oxygen atoms in total. The highest BCUT2D eigenvalue weighted by molar-refractivity contribution is 5.95. The van der Waals surface area contributed by atoms with E-state index in [1.807, 2.05) is 19.9 Å². The number of aromatic nitrogens is 3. The zero-order valence-electron chi connectivity index (χ0n) is 20.5. The number of nitrogens with zero attached hydrogens (tertiary/aromatic N) is 2. The predicted octanol–water partition coefficient (Wildman–Crippen LogP) is 3.58. The SMILES string of the molecule is CCC(CC)NC(=O)c1cc(-c2cccc(-c3ncc(C(=O)NC(C(=O)OC)C(C)C)o3)c2)n[nH]1. The first-order valence-corrected chi connectivity index (χ1v) is 11.6. The summed E-state index contributed by atoms with van der Waals surface area (Å²) in [4.78, 5) is 41.2. The molecule has 0 aliphatic rings. The summed E-state index contributed by atoms with van der Waals surface area (Å²) in [5, 5.41) is 12.6. The Labute approximate surface area is 203 Å². The van der Waals surface area contributed by atoms with Crippen LogP contribution in [0.2, 0.25) is 0 Å². The molecule has 3 rings (SSSR count). The van der Waals surface area contributed by atoms with Crippen LogP contribution in [0.4, 0.5) is 0 Å². The van der Waals surface area contributed by atoms with E-state index in [1.165, 1.54) is 13.3 Å². The van der Waals surface area contributed by atoms with Gasteiger partial charge in [0.2, 0.25) is 11.7 Å². The van der Waals surface area contributed by atoms with Gasteiger partial charge in [-0.2, -0.15) is 5.10 Å². The van der Waals surface area contributed by atoms with Gasteiger partial charge >= 0.3 is 5.97 Å². The lowest BCUT2D eigenvalue weighted by Crippen LogP contribution is -2.44. The fraction of sp³-hybridized carbons (Fsp3) is 0.400. The topological polar surface area (TPSA) is 139 Å². The summed E-state index contributed by atoms with van der Waals surface area (Å²) in [6.45, 7) is 7.65. The molecule has 1 unspecified atom stereocenters.